The topological polar surface area (TPSA) is 95.2 Å². The maximum Gasteiger partial charge on any atom is 0.269 e. The Labute approximate surface area is 133 Å². The zero-order valence-corrected chi connectivity index (χ0v) is 13.5. The maximum absolute atomic E-state index is 13.7. The quantitative estimate of drug-likeness (QED) is 0.814. The average molecular weight is 340 g/mol. The summed E-state index contributed by atoms with van der Waals surface area (Å²) < 4.78 is 37.9. The van der Waals surface area contributed by atoms with Crippen molar-refractivity contribution in [1.82, 2.24) is 19.8 Å². The van der Waals surface area contributed by atoms with Crippen LogP contribution in [0.5, 0.6) is 0 Å². The van der Waals surface area contributed by atoms with E-state index in [0.717, 1.165) is 4.31 Å². The molecule has 23 heavy (non-hydrogen) atoms. The fourth-order valence-corrected chi connectivity index (χ4v) is 2.54. The molecule has 0 radical (unpaired) electrons. The van der Waals surface area contributed by atoms with Crippen LogP contribution in [0, 0.1) is 5.82 Å². The molecule has 0 aliphatic heterocycles. The highest BCUT2D eigenvalue weighted by molar-refractivity contribution is 7.89. The van der Waals surface area contributed by atoms with Gasteiger partial charge in [0.2, 0.25) is 10.0 Å². The molecule has 1 amide bonds. The van der Waals surface area contributed by atoms with Gasteiger partial charge in [-0.1, -0.05) is 12.1 Å². The molecule has 1 aromatic heterocycles. The van der Waals surface area contributed by atoms with Gasteiger partial charge < -0.3 is 5.32 Å². The predicted molar refractivity (Wildman–Crippen MR) is 83.8 cm³/mol. The fraction of sp³-hybridized carbons (Fsp3) is 0.286. The Morgan fingerprint density at radius 2 is 2.04 bits per heavy atom. The van der Waals surface area contributed by atoms with Crippen molar-refractivity contribution in [1.29, 1.82) is 0 Å². The maximum atomic E-state index is 13.7. The Morgan fingerprint density at radius 1 is 1.35 bits per heavy atom. The first-order valence-corrected chi connectivity index (χ1v) is 8.41. The standard InChI is InChI=1S/C14H17FN4O3S/c1-19(2)23(21,22)8-7-16-14(20)13-9-12(17-18-13)10-5-3-4-6-11(10)15/h3-6,9H,7-8H2,1-2H3,(H,16,20)(H,17,18). The fourth-order valence-electron chi connectivity index (χ4n) is 1.82. The van der Waals surface area contributed by atoms with Gasteiger partial charge in [-0.3, -0.25) is 9.89 Å². The van der Waals surface area contributed by atoms with E-state index in [4.69, 9.17) is 0 Å². The third kappa shape index (κ3) is 4.14. The third-order valence-electron chi connectivity index (χ3n) is 3.17. The number of nitrogens with one attached hydrogen (secondary N) is 2. The molecule has 9 heteroatoms. The molecule has 0 aliphatic rings. The number of halogens is 1. The Kier molecular flexibility index (Phi) is 5.12. The second kappa shape index (κ2) is 6.88. The second-order valence-electron chi connectivity index (χ2n) is 5.00. The van der Waals surface area contributed by atoms with E-state index in [-0.39, 0.29) is 23.6 Å². The molecule has 2 rings (SSSR count). The molecular weight excluding hydrogens is 323 g/mol. The molecule has 7 nitrogen and oxygen atoms in total. The summed E-state index contributed by atoms with van der Waals surface area (Å²) in [6, 6.07) is 7.49. The number of hydrogen-bond donors (Lipinski definition) is 2. The normalized spacial score (nSPS) is 11.7. The van der Waals surface area contributed by atoms with Crippen molar-refractivity contribution in [2.24, 2.45) is 0 Å². The van der Waals surface area contributed by atoms with Crippen molar-refractivity contribution < 1.29 is 17.6 Å². The molecule has 2 aromatic rings. The minimum absolute atomic E-state index is 0.0343. The van der Waals surface area contributed by atoms with Gasteiger partial charge in [-0.2, -0.15) is 5.10 Å². The van der Waals surface area contributed by atoms with Gasteiger partial charge in [0.25, 0.3) is 5.91 Å². The van der Waals surface area contributed by atoms with Gasteiger partial charge >= 0.3 is 0 Å². The van der Waals surface area contributed by atoms with E-state index in [1.54, 1.807) is 18.2 Å². The molecule has 0 fully saturated rings. The van der Waals surface area contributed by atoms with Crippen LogP contribution in [0.15, 0.2) is 30.3 Å². The highest BCUT2D eigenvalue weighted by atomic mass is 32.2. The predicted octanol–water partition coefficient (Wildman–Crippen LogP) is 0.837. The highest BCUT2D eigenvalue weighted by Gasteiger charge is 2.16. The zero-order chi connectivity index (χ0) is 17.0. The number of benzene rings is 1. The monoisotopic (exact) mass is 340 g/mol. The first-order chi connectivity index (χ1) is 10.8. The van der Waals surface area contributed by atoms with Gasteiger partial charge in [0.15, 0.2) is 0 Å². The Morgan fingerprint density at radius 3 is 2.70 bits per heavy atom. The SMILES string of the molecule is CN(C)S(=O)(=O)CCNC(=O)c1cc(-c2ccccc2F)n[nH]1. The molecule has 0 unspecified atom stereocenters. The van der Waals surface area contributed by atoms with E-state index < -0.39 is 21.7 Å². The van der Waals surface area contributed by atoms with Gasteiger partial charge in [-0.25, -0.2) is 17.1 Å². The van der Waals surface area contributed by atoms with E-state index in [1.807, 2.05) is 0 Å². The Hall–Kier alpha value is -2.26. The summed E-state index contributed by atoms with van der Waals surface area (Å²) >= 11 is 0. The lowest BCUT2D eigenvalue weighted by Gasteiger charge is -2.11. The summed E-state index contributed by atoms with van der Waals surface area (Å²) in [4.78, 5) is 11.9. The molecule has 1 aromatic carbocycles. The number of rotatable bonds is 6. The van der Waals surface area contributed by atoms with Crippen LogP contribution < -0.4 is 5.32 Å². The molecule has 0 saturated carbocycles. The first kappa shape index (κ1) is 17.1. The number of aromatic nitrogens is 2. The first-order valence-electron chi connectivity index (χ1n) is 6.80. The molecule has 0 aliphatic carbocycles. The second-order valence-corrected chi connectivity index (χ2v) is 7.30. The van der Waals surface area contributed by atoms with Crippen LogP contribution >= 0.6 is 0 Å². The van der Waals surface area contributed by atoms with Gasteiger partial charge in [0.05, 0.1) is 11.4 Å². The minimum Gasteiger partial charge on any atom is -0.350 e. The van der Waals surface area contributed by atoms with Crippen molar-refractivity contribution in [3.63, 3.8) is 0 Å². The smallest absolute Gasteiger partial charge is 0.269 e. The highest BCUT2D eigenvalue weighted by Crippen LogP contribution is 2.20. The summed E-state index contributed by atoms with van der Waals surface area (Å²) in [6.07, 6.45) is 0. The van der Waals surface area contributed by atoms with Crippen molar-refractivity contribution in [2.75, 3.05) is 26.4 Å². The number of carbonyl (C=O) groups is 1. The average Bonchev–Trinajstić information content (AvgIpc) is 2.97. The zero-order valence-electron chi connectivity index (χ0n) is 12.7. The molecule has 2 N–H and O–H groups in total. The Bertz CT molecular complexity index is 802. The van der Waals surface area contributed by atoms with Gasteiger partial charge in [0, 0.05) is 26.2 Å². The lowest BCUT2D eigenvalue weighted by molar-refractivity contribution is 0.0951. The van der Waals surface area contributed by atoms with Crippen molar-refractivity contribution in [3.05, 3.63) is 41.8 Å². The van der Waals surface area contributed by atoms with E-state index in [0.29, 0.717) is 5.69 Å². The molecule has 124 valence electrons. The van der Waals surface area contributed by atoms with Crippen molar-refractivity contribution in [2.45, 2.75) is 0 Å². The third-order valence-corrected chi connectivity index (χ3v) is 5.01. The molecule has 0 bridgehead atoms. The Balaban J connectivity index is 2.01. The van der Waals surface area contributed by atoms with Crippen LogP contribution in [0.4, 0.5) is 4.39 Å². The van der Waals surface area contributed by atoms with Crippen molar-refractivity contribution in [3.8, 4) is 11.3 Å². The number of amides is 1. The van der Waals surface area contributed by atoms with Crippen LogP contribution in [0.25, 0.3) is 11.3 Å². The number of aromatic amines is 1. The van der Waals surface area contributed by atoms with Crippen LogP contribution in [0.3, 0.4) is 0 Å². The van der Waals surface area contributed by atoms with E-state index in [9.17, 15) is 17.6 Å². The summed E-state index contributed by atoms with van der Waals surface area (Å²) in [5.74, 6) is -1.16. The van der Waals surface area contributed by atoms with Crippen molar-refractivity contribution >= 4 is 15.9 Å². The summed E-state index contributed by atoms with van der Waals surface area (Å²) in [7, 11) is -0.530. The van der Waals surface area contributed by atoms with Crippen LogP contribution in [-0.2, 0) is 10.0 Å². The summed E-state index contributed by atoms with van der Waals surface area (Å²) in [5, 5.41) is 8.89. The van der Waals surface area contributed by atoms with Crippen LogP contribution in [0.2, 0.25) is 0 Å². The van der Waals surface area contributed by atoms with Crippen LogP contribution in [-0.4, -0.2) is 55.2 Å². The lowest BCUT2D eigenvalue weighted by atomic mass is 10.1. The summed E-state index contributed by atoms with van der Waals surface area (Å²) in [5.41, 5.74) is 0.706. The lowest BCUT2D eigenvalue weighted by Crippen LogP contribution is -2.34. The van der Waals surface area contributed by atoms with Crippen LogP contribution in [0.1, 0.15) is 10.5 Å². The number of sulfonamides is 1. The molecule has 0 atom stereocenters. The number of hydrogen-bond acceptors (Lipinski definition) is 4. The van der Waals surface area contributed by atoms with E-state index in [1.165, 1.54) is 26.2 Å². The molecule has 0 saturated heterocycles. The number of H-pyrrole nitrogens is 1. The molecule has 0 spiro atoms. The van der Waals surface area contributed by atoms with Gasteiger partial charge in [0.1, 0.15) is 11.5 Å². The molecular formula is C14H17FN4O3S. The summed E-state index contributed by atoms with van der Waals surface area (Å²) in [6.45, 7) is -0.0343. The van der Waals surface area contributed by atoms with Gasteiger partial charge in [-0.05, 0) is 18.2 Å². The van der Waals surface area contributed by atoms with E-state index >= 15 is 0 Å². The van der Waals surface area contributed by atoms with Gasteiger partial charge in [-0.15, -0.1) is 0 Å². The molecule has 1 heterocycles. The number of nitrogens with zero attached hydrogens (tertiary/aromatic N) is 2. The minimum atomic E-state index is -3.38. The number of carbonyl (C=O) groups excluding carboxylic acids is 1. The largest absolute Gasteiger partial charge is 0.350 e. The van der Waals surface area contributed by atoms with E-state index in [2.05, 4.69) is 15.5 Å².